The topological polar surface area (TPSA) is 66.3 Å². The lowest BCUT2D eigenvalue weighted by molar-refractivity contribution is 0.313. The zero-order valence-corrected chi connectivity index (χ0v) is 20.4. The number of benzene rings is 2. The van der Waals surface area contributed by atoms with E-state index in [9.17, 15) is 4.79 Å². The van der Waals surface area contributed by atoms with Gasteiger partial charge in [-0.3, -0.25) is 4.79 Å². The number of rotatable bonds is 5. The lowest BCUT2D eigenvalue weighted by Crippen LogP contribution is -2.44. The van der Waals surface area contributed by atoms with Crippen LogP contribution in [-0.2, 0) is 0 Å². The zero-order valence-electron chi connectivity index (χ0n) is 19.6. The Balaban J connectivity index is 1.32. The lowest BCUT2D eigenvalue weighted by atomic mass is 10.1. The van der Waals surface area contributed by atoms with Gasteiger partial charge in [0.25, 0.3) is 0 Å². The van der Waals surface area contributed by atoms with Crippen LogP contribution in [0.4, 0.5) is 17.3 Å². The van der Waals surface area contributed by atoms with E-state index in [2.05, 4.69) is 56.0 Å². The lowest BCUT2D eigenvalue weighted by Gasteiger charge is -2.34. The minimum atomic E-state index is -0.104. The summed E-state index contributed by atoms with van der Waals surface area (Å²) in [5.74, 6) is 0.476. The van der Waals surface area contributed by atoms with E-state index in [4.69, 9.17) is 16.6 Å². The summed E-state index contributed by atoms with van der Waals surface area (Å²) in [6.07, 6.45) is 5.68. The molecule has 8 heteroatoms. The van der Waals surface area contributed by atoms with Gasteiger partial charge in [-0.15, -0.1) is 0 Å². The molecule has 1 N–H and O–H groups in total. The molecule has 0 unspecified atom stereocenters. The Hall–Kier alpha value is -3.42. The van der Waals surface area contributed by atoms with E-state index in [-0.39, 0.29) is 5.43 Å². The number of fused-ring (bicyclic) bond motifs is 1. The monoisotopic (exact) mass is 486 g/mol. The van der Waals surface area contributed by atoms with Crippen LogP contribution in [0, 0.1) is 0 Å². The molecule has 2 aromatic heterocycles. The van der Waals surface area contributed by atoms with Crippen molar-refractivity contribution in [1.82, 2.24) is 19.4 Å². The summed E-state index contributed by atoms with van der Waals surface area (Å²) in [5, 5.41) is 4.37. The van der Waals surface area contributed by atoms with Crippen molar-refractivity contribution in [1.29, 1.82) is 0 Å². The number of nitrogens with one attached hydrogen (secondary N) is 1. The summed E-state index contributed by atoms with van der Waals surface area (Å²) in [6, 6.07) is 16.1. The molecule has 0 atom stereocenters. The molecule has 4 aromatic rings. The summed E-state index contributed by atoms with van der Waals surface area (Å²) in [7, 11) is 2.16. The third kappa shape index (κ3) is 4.37. The van der Waals surface area contributed by atoms with Crippen LogP contribution >= 0.6 is 11.6 Å². The number of hydrogen-bond donors (Lipinski definition) is 1. The highest BCUT2D eigenvalue weighted by Gasteiger charge is 2.27. The second-order valence-electron chi connectivity index (χ2n) is 9.38. The molecule has 2 fully saturated rings. The van der Waals surface area contributed by atoms with Crippen LogP contribution in [0.3, 0.4) is 0 Å². The number of nitrogens with zero attached hydrogens (tertiary/aromatic N) is 5. The minimum absolute atomic E-state index is 0.104. The molecule has 2 aliphatic rings. The molecule has 0 radical (unpaired) electrons. The fourth-order valence-corrected chi connectivity index (χ4v) is 4.88. The molecule has 3 heterocycles. The predicted molar refractivity (Wildman–Crippen MR) is 142 cm³/mol. The number of anilines is 3. The van der Waals surface area contributed by atoms with Crippen molar-refractivity contribution in [2.24, 2.45) is 0 Å². The van der Waals surface area contributed by atoms with Crippen molar-refractivity contribution in [3.63, 3.8) is 0 Å². The molecule has 0 amide bonds. The number of likely N-dealkylation sites (N-methyl/N-ethyl adjacent to an activating group) is 1. The van der Waals surface area contributed by atoms with Gasteiger partial charge in [0.1, 0.15) is 5.65 Å². The highest BCUT2D eigenvalue weighted by molar-refractivity contribution is 6.33. The Morgan fingerprint density at radius 3 is 2.43 bits per heavy atom. The molecule has 1 aliphatic carbocycles. The van der Waals surface area contributed by atoms with Crippen molar-refractivity contribution in [3.8, 4) is 11.1 Å². The first-order valence-electron chi connectivity index (χ1n) is 12.0. The fraction of sp³-hybridized carbons (Fsp3) is 0.296. The molecule has 0 spiro atoms. The second-order valence-corrected chi connectivity index (χ2v) is 9.79. The highest BCUT2D eigenvalue weighted by atomic mass is 35.5. The van der Waals surface area contributed by atoms with E-state index in [0.717, 1.165) is 50.3 Å². The minimum Gasteiger partial charge on any atom is -0.369 e. The summed E-state index contributed by atoms with van der Waals surface area (Å²) >= 11 is 6.42. The van der Waals surface area contributed by atoms with Crippen LogP contribution in [0.15, 0.2) is 65.7 Å². The third-order valence-corrected chi connectivity index (χ3v) is 7.20. The van der Waals surface area contributed by atoms with E-state index in [1.54, 1.807) is 12.3 Å². The van der Waals surface area contributed by atoms with E-state index in [1.165, 1.54) is 5.69 Å². The molecule has 1 aliphatic heterocycles. The Morgan fingerprint density at radius 1 is 0.971 bits per heavy atom. The van der Waals surface area contributed by atoms with Gasteiger partial charge in [0.15, 0.2) is 5.43 Å². The van der Waals surface area contributed by atoms with Gasteiger partial charge in [-0.2, -0.15) is 4.98 Å². The molecule has 7 nitrogen and oxygen atoms in total. The Labute approximate surface area is 209 Å². The van der Waals surface area contributed by atoms with Gasteiger partial charge in [0.2, 0.25) is 5.95 Å². The molecule has 178 valence electrons. The summed E-state index contributed by atoms with van der Waals surface area (Å²) in [6.45, 7) is 4.22. The zero-order chi connectivity index (χ0) is 23.9. The van der Waals surface area contributed by atoms with Crippen LogP contribution in [0.25, 0.3) is 22.2 Å². The summed E-state index contributed by atoms with van der Waals surface area (Å²) < 4.78 is 2.11. The van der Waals surface area contributed by atoms with E-state index < -0.39 is 0 Å². The van der Waals surface area contributed by atoms with Crippen LogP contribution in [-0.4, -0.2) is 52.7 Å². The first-order chi connectivity index (χ1) is 17.1. The van der Waals surface area contributed by atoms with E-state index in [0.29, 0.717) is 33.6 Å². The predicted octanol–water partition coefficient (Wildman–Crippen LogP) is 4.94. The largest absolute Gasteiger partial charge is 0.369 e. The molecule has 6 rings (SSSR count). The molecule has 35 heavy (non-hydrogen) atoms. The highest BCUT2D eigenvalue weighted by Crippen LogP contribution is 2.38. The maximum atomic E-state index is 13.4. The summed E-state index contributed by atoms with van der Waals surface area (Å²) in [5.41, 5.74) is 4.00. The van der Waals surface area contributed by atoms with E-state index in [1.807, 2.05) is 24.4 Å². The Kier molecular flexibility index (Phi) is 5.66. The molecule has 2 aromatic carbocycles. The van der Waals surface area contributed by atoms with Crippen molar-refractivity contribution in [3.05, 3.63) is 76.2 Å². The van der Waals surface area contributed by atoms with Crippen LogP contribution in [0.1, 0.15) is 18.9 Å². The number of hydrogen-bond acceptors (Lipinski definition) is 6. The van der Waals surface area contributed by atoms with Crippen LogP contribution < -0.4 is 15.6 Å². The van der Waals surface area contributed by atoms with Crippen LogP contribution in [0.2, 0.25) is 5.02 Å². The molecule has 0 bridgehead atoms. The van der Waals surface area contributed by atoms with Gasteiger partial charge in [-0.1, -0.05) is 29.8 Å². The molecule has 1 saturated heterocycles. The van der Waals surface area contributed by atoms with Gasteiger partial charge >= 0.3 is 0 Å². The SMILES string of the molecule is CN1CCN(c2ccc(Nc3ncc4c(=O)c(-c5ccccc5Cl)cn(C5CC5)c4n3)cc2)CC1. The molecular weight excluding hydrogens is 460 g/mol. The van der Waals surface area contributed by atoms with Crippen molar-refractivity contribution < 1.29 is 0 Å². The number of halogens is 1. The van der Waals surface area contributed by atoms with Crippen LogP contribution in [0.5, 0.6) is 0 Å². The van der Waals surface area contributed by atoms with Gasteiger partial charge < -0.3 is 19.7 Å². The summed E-state index contributed by atoms with van der Waals surface area (Å²) in [4.78, 5) is 27.4. The van der Waals surface area contributed by atoms with Crippen molar-refractivity contribution in [2.45, 2.75) is 18.9 Å². The average molecular weight is 487 g/mol. The maximum absolute atomic E-state index is 13.4. The first-order valence-corrected chi connectivity index (χ1v) is 12.4. The fourth-order valence-electron chi connectivity index (χ4n) is 4.65. The Morgan fingerprint density at radius 2 is 1.71 bits per heavy atom. The second kappa shape index (κ2) is 8.98. The molecule has 1 saturated carbocycles. The quantitative estimate of drug-likeness (QED) is 0.431. The number of piperazine rings is 1. The number of aromatic nitrogens is 3. The van der Waals surface area contributed by atoms with Gasteiger partial charge in [-0.25, -0.2) is 4.98 Å². The maximum Gasteiger partial charge on any atom is 0.229 e. The first kappa shape index (κ1) is 22.1. The average Bonchev–Trinajstić information content (AvgIpc) is 3.71. The smallest absolute Gasteiger partial charge is 0.229 e. The molecular formula is C27H27ClN6O. The number of pyridine rings is 1. The van der Waals surface area contributed by atoms with Gasteiger partial charge in [-0.05, 0) is 50.2 Å². The van der Waals surface area contributed by atoms with Gasteiger partial charge in [0, 0.05) is 72.1 Å². The van der Waals surface area contributed by atoms with Crippen molar-refractivity contribution >= 4 is 40.0 Å². The normalized spacial score (nSPS) is 16.6. The Bertz CT molecular complexity index is 1440. The third-order valence-electron chi connectivity index (χ3n) is 6.87. The van der Waals surface area contributed by atoms with E-state index >= 15 is 0 Å². The standard InChI is InChI=1S/C27H27ClN6O/c1-32-12-14-33(15-13-32)19-8-6-18(7-9-19)30-27-29-16-22-25(35)23(21-4-2-3-5-24(21)28)17-34(20-10-11-20)26(22)31-27/h2-9,16-17,20H,10-15H2,1H3,(H,29,30,31). The van der Waals surface area contributed by atoms with Crippen molar-refractivity contribution in [2.75, 3.05) is 43.4 Å². The van der Waals surface area contributed by atoms with Gasteiger partial charge in [0.05, 0.1) is 5.39 Å².